The number of piperazine rings is 1. The normalized spacial score (nSPS) is 15.8. The molecule has 2 aromatic heterocycles. The molecule has 0 spiro atoms. The van der Waals surface area contributed by atoms with Crippen LogP contribution in [0.5, 0.6) is 0 Å². The quantitative estimate of drug-likeness (QED) is 0.669. The predicted octanol–water partition coefficient (Wildman–Crippen LogP) is 2.60. The molecule has 0 saturated carbocycles. The molecule has 1 saturated heterocycles. The molecule has 8 nitrogen and oxygen atoms in total. The molecule has 0 radical (unpaired) electrons. The summed E-state index contributed by atoms with van der Waals surface area (Å²) in [4.78, 5) is 16.6. The molecule has 3 heterocycles. The Balaban J connectivity index is 1.50. The van der Waals surface area contributed by atoms with Gasteiger partial charge in [0.25, 0.3) is 5.91 Å². The van der Waals surface area contributed by atoms with E-state index in [1.807, 2.05) is 29.2 Å². The maximum atomic E-state index is 12.5. The molecule has 28 heavy (non-hydrogen) atoms. The first-order valence-corrected chi connectivity index (χ1v) is 9.47. The second-order valence-electron chi connectivity index (χ2n) is 7.21. The van der Waals surface area contributed by atoms with Gasteiger partial charge in [0.15, 0.2) is 11.6 Å². The van der Waals surface area contributed by atoms with E-state index in [-0.39, 0.29) is 5.91 Å². The molecular weight excluding hydrogens is 380 g/mol. The number of tetrazole rings is 1. The van der Waals surface area contributed by atoms with Gasteiger partial charge in [-0.15, -0.1) is 5.10 Å². The van der Waals surface area contributed by atoms with Crippen LogP contribution in [0.3, 0.4) is 0 Å². The van der Waals surface area contributed by atoms with Gasteiger partial charge in [0.2, 0.25) is 0 Å². The lowest BCUT2D eigenvalue weighted by Gasteiger charge is -2.42. The van der Waals surface area contributed by atoms with Gasteiger partial charge in [0.1, 0.15) is 0 Å². The molecule has 1 amide bonds. The highest BCUT2D eigenvalue weighted by atomic mass is 35.5. The number of carbonyl (C=O) groups excluding carboxylic acids is 1. The fourth-order valence-corrected chi connectivity index (χ4v) is 3.62. The van der Waals surface area contributed by atoms with Crippen molar-refractivity contribution in [3.05, 3.63) is 59.3 Å². The topological polar surface area (TPSA) is 80.3 Å². The standard InChI is InChI=1S/C19H21ClN6O2/c1-19(2,18-21-22-23-26(18)15-7-5-14(20)6-8-15)25-11-9-24(10-12-25)17(27)16-4-3-13-28-16/h3-8,13H,9-12H2,1-2H3. The summed E-state index contributed by atoms with van der Waals surface area (Å²) in [5, 5.41) is 13.0. The number of aromatic nitrogens is 4. The first-order chi connectivity index (χ1) is 13.5. The van der Waals surface area contributed by atoms with Crippen molar-refractivity contribution in [3.63, 3.8) is 0 Å². The van der Waals surface area contributed by atoms with Gasteiger partial charge in [-0.2, -0.15) is 4.68 Å². The molecule has 1 aliphatic rings. The second kappa shape index (κ2) is 7.37. The zero-order chi connectivity index (χ0) is 19.7. The van der Waals surface area contributed by atoms with Crippen LogP contribution < -0.4 is 0 Å². The smallest absolute Gasteiger partial charge is 0.289 e. The largest absolute Gasteiger partial charge is 0.459 e. The van der Waals surface area contributed by atoms with Gasteiger partial charge in [0, 0.05) is 31.2 Å². The predicted molar refractivity (Wildman–Crippen MR) is 103 cm³/mol. The van der Waals surface area contributed by atoms with Crippen LogP contribution in [0.2, 0.25) is 5.02 Å². The van der Waals surface area contributed by atoms with E-state index in [1.54, 1.807) is 16.8 Å². The summed E-state index contributed by atoms with van der Waals surface area (Å²) in [6.07, 6.45) is 1.52. The highest BCUT2D eigenvalue weighted by Gasteiger charge is 2.37. The minimum Gasteiger partial charge on any atom is -0.459 e. The van der Waals surface area contributed by atoms with E-state index >= 15 is 0 Å². The van der Waals surface area contributed by atoms with Gasteiger partial charge in [-0.05, 0) is 60.7 Å². The van der Waals surface area contributed by atoms with Crippen LogP contribution in [-0.2, 0) is 5.54 Å². The average molecular weight is 401 g/mol. The van der Waals surface area contributed by atoms with Crippen LogP contribution in [0.15, 0.2) is 47.1 Å². The van der Waals surface area contributed by atoms with Crippen molar-refractivity contribution in [2.24, 2.45) is 0 Å². The van der Waals surface area contributed by atoms with E-state index in [1.165, 1.54) is 6.26 Å². The van der Waals surface area contributed by atoms with Crippen LogP contribution in [0.4, 0.5) is 0 Å². The first kappa shape index (κ1) is 18.6. The minimum absolute atomic E-state index is 0.0755. The average Bonchev–Trinajstić information content (AvgIpc) is 3.40. The zero-order valence-electron chi connectivity index (χ0n) is 15.7. The molecule has 1 aromatic carbocycles. The number of amides is 1. The van der Waals surface area contributed by atoms with Crippen molar-refractivity contribution in [2.45, 2.75) is 19.4 Å². The lowest BCUT2D eigenvalue weighted by Crippen LogP contribution is -2.55. The molecule has 3 aromatic rings. The molecule has 146 valence electrons. The molecular formula is C19H21ClN6O2. The molecule has 0 N–H and O–H groups in total. The fourth-order valence-electron chi connectivity index (χ4n) is 3.49. The van der Waals surface area contributed by atoms with Crippen molar-refractivity contribution in [3.8, 4) is 5.69 Å². The second-order valence-corrected chi connectivity index (χ2v) is 7.64. The Morgan fingerprint density at radius 2 is 1.82 bits per heavy atom. The Hall–Kier alpha value is -2.71. The molecule has 4 rings (SSSR count). The van der Waals surface area contributed by atoms with Crippen molar-refractivity contribution < 1.29 is 9.21 Å². The number of carbonyl (C=O) groups is 1. The van der Waals surface area contributed by atoms with Gasteiger partial charge < -0.3 is 9.32 Å². The maximum Gasteiger partial charge on any atom is 0.289 e. The van der Waals surface area contributed by atoms with Crippen LogP contribution in [-0.4, -0.2) is 62.1 Å². The van der Waals surface area contributed by atoms with Crippen LogP contribution in [0.1, 0.15) is 30.2 Å². The van der Waals surface area contributed by atoms with Gasteiger partial charge in [-0.25, -0.2) is 0 Å². The lowest BCUT2D eigenvalue weighted by atomic mass is 10.00. The summed E-state index contributed by atoms with van der Waals surface area (Å²) in [5.74, 6) is 1.04. The summed E-state index contributed by atoms with van der Waals surface area (Å²) in [6.45, 7) is 6.85. The number of hydrogen-bond acceptors (Lipinski definition) is 6. The van der Waals surface area contributed by atoms with Crippen LogP contribution in [0, 0.1) is 0 Å². The van der Waals surface area contributed by atoms with E-state index in [0.29, 0.717) is 37.0 Å². The van der Waals surface area contributed by atoms with Gasteiger partial charge in [-0.3, -0.25) is 9.69 Å². The van der Waals surface area contributed by atoms with Crippen molar-refractivity contribution in [1.82, 2.24) is 30.0 Å². The Morgan fingerprint density at radius 3 is 2.46 bits per heavy atom. The minimum atomic E-state index is -0.414. The highest BCUT2D eigenvalue weighted by Crippen LogP contribution is 2.29. The zero-order valence-corrected chi connectivity index (χ0v) is 16.5. The Kier molecular flexibility index (Phi) is 4.91. The van der Waals surface area contributed by atoms with Gasteiger partial charge in [0.05, 0.1) is 17.5 Å². The Morgan fingerprint density at radius 1 is 1.11 bits per heavy atom. The number of hydrogen-bond donors (Lipinski definition) is 0. The number of rotatable bonds is 4. The monoisotopic (exact) mass is 400 g/mol. The molecule has 0 bridgehead atoms. The van der Waals surface area contributed by atoms with E-state index in [4.69, 9.17) is 16.0 Å². The fraction of sp³-hybridized carbons (Fsp3) is 0.368. The van der Waals surface area contributed by atoms with Gasteiger partial charge in [-0.1, -0.05) is 11.6 Å². The molecule has 0 unspecified atom stereocenters. The summed E-state index contributed by atoms with van der Waals surface area (Å²) in [5.41, 5.74) is 0.437. The molecule has 1 aliphatic heterocycles. The molecule has 1 fully saturated rings. The summed E-state index contributed by atoms with van der Waals surface area (Å²) in [6, 6.07) is 10.8. The van der Waals surface area contributed by atoms with E-state index < -0.39 is 5.54 Å². The van der Waals surface area contributed by atoms with Crippen LogP contribution in [0.25, 0.3) is 5.69 Å². The summed E-state index contributed by atoms with van der Waals surface area (Å²) < 4.78 is 6.96. The van der Waals surface area contributed by atoms with E-state index in [0.717, 1.165) is 11.5 Å². The molecule has 0 aliphatic carbocycles. The number of benzene rings is 1. The molecule has 9 heteroatoms. The van der Waals surface area contributed by atoms with Crippen molar-refractivity contribution >= 4 is 17.5 Å². The third-order valence-corrected chi connectivity index (χ3v) is 5.43. The first-order valence-electron chi connectivity index (χ1n) is 9.09. The third-order valence-electron chi connectivity index (χ3n) is 5.18. The van der Waals surface area contributed by atoms with Crippen molar-refractivity contribution in [2.75, 3.05) is 26.2 Å². The van der Waals surface area contributed by atoms with E-state index in [9.17, 15) is 4.79 Å². The SMILES string of the molecule is CC(C)(c1nnnn1-c1ccc(Cl)cc1)N1CCN(C(=O)c2ccco2)CC1. The number of furan rings is 1. The number of halogens is 1. The van der Waals surface area contributed by atoms with Crippen LogP contribution >= 0.6 is 11.6 Å². The van der Waals surface area contributed by atoms with Crippen molar-refractivity contribution in [1.29, 1.82) is 0 Å². The number of nitrogens with zero attached hydrogens (tertiary/aromatic N) is 6. The lowest BCUT2D eigenvalue weighted by molar-refractivity contribution is 0.0337. The summed E-state index contributed by atoms with van der Waals surface area (Å²) in [7, 11) is 0. The molecule has 0 atom stereocenters. The highest BCUT2D eigenvalue weighted by molar-refractivity contribution is 6.30. The Bertz CT molecular complexity index is 943. The Labute approximate surface area is 167 Å². The maximum absolute atomic E-state index is 12.5. The van der Waals surface area contributed by atoms with Gasteiger partial charge >= 0.3 is 0 Å². The van der Waals surface area contributed by atoms with E-state index in [2.05, 4.69) is 34.3 Å². The summed E-state index contributed by atoms with van der Waals surface area (Å²) >= 11 is 5.99. The third kappa shape index (κ3) is 3.41.